The predicted octanol–water partition coefficient (Wildman–Crippen LogP) is 3.03. The number of nitrogens with one attached hydrogen (secondary N) is 1. The van der Waals surface area contributed by atoms with E-state index in [1.165, 1.54) is 11.9 Å². The van der Waals surface area contributed by atoms with Gasteiger partial charge in [0.15, 0.2) is 0 Å². The van der Waals surface area contributed by atoms with E-state index in [0.717, 1.165) is 20.6 Å². The van der Waals surface area contributed by atoms with Gasteiger partial charge in [-0.2, -0.15) is 0 Å². The Morgan fingerprint density at radius 3 is 2.33 bits per heavy atom. The van der Waals surface area contributed by atoms with Crippen molar-refractivity contribution in [3.05, 3.63) is 63.6 Å². The normalized spacial score (nSPS) is 12.2. The van der Waals surface area contributed by atoms with Crippen LogP contribution in [0.2, 0.25) is 5.02 Å². The van der Waals surface area contributed by atoms with E-state index >= 15 is 0 Å². The van der Waals surface area contributed by atoms with Crippen molar-refractivity contribution in [3.63, 3.8) is 0 Å². The Kier molecular flexibility index (Phi) is 8.28. The van der Waals surface area contributed by atoms with Crippen molar-refractivity contribution in [2.75, 3.05) is 24.2 Å². The summed E-state index contributed by atoms with van der Waals surface area (Å²) >= 11 is 9.35. The van der Waals surface area contributed by atoms with Crippen LogP contribution in [0.25, 0.3) is 0 Å². The summed E-state index contributed by atoms with van der Waals surface area (Å²) < 4.78 is 26.6. The van der Waals surface area contributed by atoms with Crippen LogP contribution in [0.3, 0.4) is 0 Å². The number of likely N-dealkylation sites (N-methyl/N-ethyl adjacent to an activating group) is 1. The Balaban J connectivity index is 2.36. The first-order valence-electron chi connectivity index (χ1n) is 9.01. The molecule has 0 unspecified atom stereocenters. The lowest BCUT2D eigenvalue weighted by Gasteiger charge is -2.31. The van der Waals surface area contributed by atoms with E-state index in [-0.39, 0.29) is 12.5 Å². The number of anilines is 1. The Bertz CT molecular complexity index is 1010. The van der Waals surface area contributed by atoms with Crippen LogP contribution in [0.5, 0.6) is 0 Å². The molecular weight excluding hydrogens is 494 g/mol. The van der Waals surface area contributed by atoms with Crippen LogP contribution in [0.1, 0.15) is 12.5 Å². The summed E-state index contributed by atoms with van der Waals surface area (Å²) in [5.74, 6) is -0.876. The Morgan fingerprint density at radius 2 is 1.80 bits per heavy atom. The minimum absolute atomic E-state index is 0.103. The second-order valence-electron chi connectivity index (χ2n) is 6.69. The third kappa shape index (κ3) is 6.45. The van der Waals surface area contributed by atoms with Gasteiger partial charge < -0.3 is 10.2 Å². The molecule has 0 saturated heterocycles. The van der Waals surface area contributed by atoms with Crippen LogP contribution in [-0.4, -0.2) is 51.0 Å². The second-order valence-corrected chi connectivity index (χ2v) is 9.95. The van der Waals surface area contributed by atoms with E-state index in [4.69, 9.17) is 11.6 Å². The monoisotopic (exact) mass is 515 g/mol. The fourth-order valence-corrected chi connectivity index (χ4v) is 4.17. The van der Waals surface area contributed by atoms with Crippen molar-refractivity contribution in [1.29, 1.82) is 0 Å². The molecule has 10 heteroatoms. The molecule has 30 heavy (non-hydrogen) atoms. The molecule has 2 rings (SSSR count). The number of amides is 2. The van der Waals surface area contributed by atoms with Gasteiger partial charge in [-0.05, 0) is 48.9 Å². The van der Waals surface area contributed by atoms with Gasteiger partial charge in [0.25, 0.3) is 0 Å². The summed E-state index contributed by atoms with van der Waals surface area (Å²) in [5, 5.41) is 3.02. The third-order valence-corrected chi connectivity index (χ3v) is 6.35. The number of nitrogens with zero attached hydrogens (tertiary/aromatic N) is 2. The van der Waals surface area contributed by atoms with Gasteiger partial charge in [-0.15, -0.1) is 0 Å². The summed E-state index contributed by atoms with van der Waals surface area (Å²) in [5.41, 5.74) is 1.07. The van der Waals surface area contributed by atoms with Gasteiger partial charge in [-0.3, -0.25) is 13.9 Å². The molecule has 162 valence electrons. The van der Waals surface area contributed by atoms with Gasteiger partial charge in [-0.25, -0.2) is 8.42 Å². The van der Waals surface area contributed by atoms with E-state index in [9.17, 15) is 18.0 Å². The zero-order valence-corrected chi connectivity index (χ0v) is 20.0. The van der Waals surface area contributed by atoms with E-state index in [0.29, 0.717) is 10.7 Å². The van der Waals surface area contributed by atoms with E-state index < -0.39 is 28.5 Å². The Morgan fingerprint density at radius 1 is 1.17 bits per heavy atom. The van der Waals surface area contributed by atoms with Crippen molar-refractivity contribution in [2.45, 2.75) is 19.5 Å². The fraction of sp³-hybridized carbons (Fsp3) is 0.300. The minimum atomic E-state index is -3.74. The summed E-state index contributed by atoms with van der Waals surface area (Å²) in [6.45, 7) is 1.25. The first-order chi connectivity index (χ1) is 14.0. The molecule has 0 spiro atoms. The van der Waals surface area contributed by atoms with Crippen molar-refractivity contribution in [1.82, 2.24) is 10.2 Å². The van der Waals surface area contributed by atoms with Crippen molar-refractivity contribution < 1.29 is 18.0 Å². The minimum Gasteiger partial charge on any atom is -0.357 e. The molecule has 7 nitrogen and oxygen atoms in total. The van der Waals surface area contributed by atoms with Crippen molar-refractivity contribution >= 4 is 55.1 Å². The maximum atomic E-state index is 13.2. The summed E-state index contributed by atoms with van der Waals surface area (Å²) in [6, 6.07) is 12.7. The molecule has 0 bridgehead atoms. The average molecular weight is 517 g/mol. The molecular formula is C20H23BrClN3O4S. The lowest BCUT2D eigenvalue weighted by atomic mass is 10.1. The van der Waals surface area contributed by atoms with Gasteiger partial charge in [0.1, 0.15) is 12.6 Å². The number of sulfonamides is 1. The van der Waals surface area contributed by atoms with E-state index in [2.05, 4.69) is 21.2 Å². The molecule has 1 atom stereocenters. The van der Waals surface area contributed by atoms with Crippen LogP contribution >= 0.6 is 27.5 Å². The number of benzene rings is 2. The number of carbonyl (C=O) groups excluding carboxylic acids is 2. The highest BCUT2D eigenvalue weighted by Gasteiger charge is 2.29. The maximum absolute atomic E-state index is 13.2. The predicted molar refractivity (Wildman–Crippen MR) is 122 cm³/mol. The molecule has 0 aliphatic carbocycles. The van der Waals surface area contributed by atoms with Gasteiger partial charge in [0.2, 0.25) is 21.8 Å². The molecule has 2 aromatic carbocycles. The first kappa shape index (κ1) is 24.2. The van der Waals surface area contributed by atoms with Gasteiger partial charge in [-0.1, -0.05) is 39.7 Å². The van der Waals surface area contributed by atoms with Crippen LogP contribution < -0.4 is 9.62 Å². The first-order valence-corrected chi connectivity index (χ1v) is 12.0. The number of halogens is 2. The number of rotatable bonds is 8. The van der Waals surface area contributed by atoms with Crippen molar-refractivity contribution in [3.8, 4) is 0 Å². The maximum Gasteiger partial charge on any atom is 0.244 e. The lowest BCUT2D eigenvalue weighted by Crippen LogP contribution is -2.50. The average Bonchev–Trinajstić information content (AvgIpc) is 2.69. The Labute approximate surface area is 190 Å². The molecule has 1 N–H and O–H groups in total. The molecule has 0 fully saturated rings. The second kappa shape index (κ2) is 10.3. The number of carbonyl (C=O) groups is 2. The zero-order chi connectivity index (χ0) is 22.5. The fourth-order valence-electron chi connectivity index (χ4n) is 2.84. The Hall–Kier alpha value is -2.10. The number of hydrogen-bond donors (Lipinski definition) is 1. The summed E-state index contributed by atoms with van der Waals surface area (Å²) in [6.07, 6.45) is 1.03. The molecule has 0 radical (unpaired) electrons. The largest absolute Gasteiger partial charge is 0.357 e. The van der Waals surface area contributed by atoms with E-state index in [1.54, 1.807) is 55.5 Å². The van der Waals surface area contributed by atoms with E-state index in [1.807, 2.05) is 0 Å². The van der Waals surface area contributed by atoms with Gasteiger partial charge in [0, 0.05) is 23.1 Å². The number of hydrogen-bond acceptors (Lipinski definition) is 4. The molecule has 0 heterocycles. The summed E-state index contributed by atoms with van der Waals surface area (Å²) in [7, 11) is -2.26. The highest BCUT2D eigenvalue weighted by atomic mass is 79.9. The molecule has 0 saturated carbocycles. The molecule has 2 aromatic rings. The van der Waals surface area contributed by atoms with Crippen LogP contribution in [0.4, 0.5) is 5.69 Å². The topological polar surface area (TPSA) is 86.8 Å². The van der Waals surface area contributed by atoms with Gasteiger partial charge >= 0.3 is 0 Å². The lowest BCUT2D eigenvalue weighted by molar-refractivity contribution is -0.139. The smallest absolute Gasteiger partial charge is 0.244 e. The van der Waals surface area contributed by atoms with Gasteiger partial charge in [0.05, 0.1) is 11.9 Å². The van der Waals surface area contributed by atoms with Crippen LogP contribution in [0.15, 0.2) is 53.0 Å². The SMILES string of the molecule is CNC(=O)[C@H](C)N(Cc1cccc(Cl)c1)C(=O)CN(c1ccc(Br)cc1)S(C)(=O)=O. The van der Waals surface area contributed by atoms with Crippen molar-refractivity contribution in [2.24, 2.45) is 0 Å². The zero-order valence-electron chi connectivity index (χ0n) is 16.8. The van der Waals surface area contributed by atoms with Crippen LogP contribution in [0, 0.1) is 0 Å². The van der Waals surface area contributed by atoms with Crippen LogP contribution in [-0.2, 0) is 26.2 Å². The quantitative estimate of drug-likeness (QED) is 0.584. The molecule has 0 aliphatic rings. The molecule has 0 aliphatic heterocycles. The highest BCUT2D eigenvalue weighted by molar-refractivity contribution is 9.10. The standard InChI is InChI=1S/C20H23BrClN3O4S/c1-14(20(27)23-2)24(12-15-5-4-6-17(22)11-15)19(26)13-25(30(3,28)29)18-9-7-16(21)8-10-18/h4-11,14H,12-13H2,1-3H3,(H,23,27)/t14-/m0/s1. The molecule has 2 amide bonds. The summed E-state index contributed by atoms with van der Waals surface area (Å²) in [4.78, 5) is 26.8. The highest BCUT2D eigenvalue weighted by Crippen LogP contribution is 2.22. The molecule has 0 aromatic heterocycles. The third-order valence-electron chi connectivity index (χ3n) is 4.45.